The maximum Gasteiger partial charge on any atom is 0.410 e. The second-order valence-electron chi connectivity index (χ2n) is 20.6. The van der Waals surface area contributed by atoms with Crippen molar-refractivity contribution < 1.29 is 80.9 Å². The maximum absolute atomic E-state index is 13.6. The van der Waals surface area contributed by atoms with E-state index in [2.05, 4.69) is 38.1 Å². The van der Waals surface area contributed by atoms with Gasteiger partial charge in [0.2, 0.25) is 23.6 Å². The van der Waals surface area contributed by atoms with Crippen LogP contribution in [0.1, 0.15) is 82.8 Å². The summed E-state index contributed by atoms with van der Waals surface area (Å²) >= 11 is 0. The Labute approximate surface area is 495 Å². The van der Waals surface area contributed by atoms with Crippen molar-refractivity contribution in [3.8, 4) is 0 Å². The van der Waals surface area contributed by atoms with Crippen molar-refractivity contribution in [2.45, 2.75) is 97.9 Å². The average Bonchev–Trinajstić information content (AvgIpc) is 3.63. The number of primary amides is 1. The lowest BCUT2D eigenvalue weighted by Crippen LogP contribution is -2.54. The third-order valence-electron chi connectivity index (χ3n) is 11.8. The molecule has 2 atom stereocenters. The minimum Gasteiger partial charge on any atom is -0.445 e. The lowest BCUT2D eigenvalue weighted by atomic mass is 10.0. The number of pyridine rings is 1. The van der Waals surface area contributed by atoms with Gasteiger partial charge in [-0.25, -0.2) is 14.4 Å². The molecule has 0 bridgehead atoms. The van der Waals surface area contributed by atoms with E-state index in [1.54, 1.807) is 79.1 Å². The first-order chi connectivity index (χ1) is 40.2. The van der Waals surface area contributed by atoms with Crippen LogP contribution < -0.4 is 32.3 Å². The summed E-state index contributed by atoms with van der Waals surface area (Å²) in [5, 5.41) is 13.6. The van der Waals surface area contributed by atoms with Crippen LogP contribution in [0.25, 0.3) is 6.08 Å². The number of nitrogens with one attached hydrogen (secondary N) is 5. The Morgan fingerprint density at radius 2 is 1.15 bits per heavy atom. The molecule has 84 heavy (non-hydrogen) atoms. The van der Waals surface area contributed by atoms with Crippen molar-refractivity contribution >= 4 is 53.6 Å². The van der Waals surface area contributed by atoms with Crippen molar-refractivity contribution in [1.82, 2.24) is 36.1 Å². The number of rotatable bonds is 46. The molecule has 0 aliphatic carbocycles. The van der Waals surface area contributed by atoms with Gasteiger partial charge in [0.15, 0.2) is 0 Å². The van der Waals surface area contributed by atoms with E-state index in [0.717, 1.165) is 17.0 Å². The number of nitrogens with two attached hydrogens (primary N) is 1. The Balaban J connectivity index is 1.51. The molecular formula is C58H95N9O17. The number of benzene rings is 1. The number of likely N-dealkylation sites (N-methyl/N-ethyl adjacent to an activating group) is 2. The van der Waals surface area contributed by atoms with Crippen molar-refractivity contribution in [2.24, 2.45) is 11.7 Å². The molecule has 26 nitrogen and oxygen atoms in total. The quantitative estimate of drug-likeness (QED) is 0.0514. The fourth-order valence-corrected chi connectivity index (χ4v) is 7.23. The monoisotopic (exact) mass is 1190 g/mol. The molecule has 0 saturated carbocycles. The summed E-state index contributed by atoms with van der Waals surface area (Å²) in [5.74, 6) is -1.92. The van der Waals surface area contributed by atoms with E-state index >= 15 is 0 Å². The maximum atomic E-state index is 13.6. The molecule has 1 heterocycles. The Morgan fingerprint density at radius 3 is 1.65 bits per heavy atom. The summed E-state index contributed by atoms with van der Waals surface area (Å²) in [6.45, 7) is 21.4. The number of carbonyl (C=O) groups excluding carboxylic acids is 7. The summed E-state index contributed by atoms with van der Waals surface area (Å²) in [7, 11) is 3.13. The summed E-state index contributed by atoms with van der Waals surface area (Å²) in [5.41, 5.74) is 8.36. The molecule has 1 aromatic heterocycles. The number of carbonyl (C=O) groups is 7. The molecule has 2 aromatic rings. The summed E-state index contributed by atoms with van der Waals surface area (Å²) in [6.07, 6.45) is 2.00. The fourth-order valence-electron chi connectivity index (χ4n) is 7.23. The molecule has 0 aliphatic heterocycles. The van der Waals surface area contributed by atoms with Crippen LogP contribution in [-0.2, 0) is 79.6 Å². The summed E-state index contributed by atoms with van der Waals surface area (Å²) < 4.78 is 55.0. The number of hydrogen-bond donors (Lipinski definition) is 6. The lowest BCUT2D eigenvalue weighted by molar-refractivity contribution is -0.132. The SMILES string of the molecule is C=Cc1cc(C)nc(CCC(=O)NCCOCCOCCOCCOCCOCCOCCOCCOCCC(=O)N[C@H](C(=O)N[C@@H](CCCNC(N)=O)C(=O)Nc2ccc(COC(=O)N(C)CCN(C)C(=O)OC(C)(C)C)cc2)C(C)C)c1. The number of anilines is 1. The van der Waals surface area contributed by atoms with Crippen LogP contribution >= 0.6 is 0 Å². The Bertz CT molecular complexity index is 2240. The van der Waals surface area contributed by atoms with Crippen LogP contribution in [0.15, 0.2) is 43.0 Å². The number of ether oxygens (including phenoxy) is 10. The molecule has 0 fully saturated rings. The first kappa shape index (κ1) is 73.6. The fraction of sp³-hybridized carbons (Fsp3) is 0.655. The second-order valence-corrected chi connectivity index (χ2v) is 20.6. The number of amides is 8. The Morgan fingerprint density at radius 1 is 0.643 bits per heavy atom. The van der Waals surface area contributed by atoms with Crippen molar-refractivity contribution in [2.75, 3.05) is 151 Å². The molecule has 8 amide bonds. The van der Waals surface area contributed by atoms with Crippen LogP contribution in [0, 0.1) is 12.8 Å². The van der Waals surface area contributed by atoms with Crippen LogP contribution in [0.2, 0.25) is 0 Å². The van der Waals surface area contributed by atoms with E-state index in [0.29, 0.717) is 123 Å². The highest BCUT2D eigenvalue weighted by atomic mass is 16.6. The molecule has 26 heteroatoms. The summed E-state index contributed by atoms with van der Waals surface area (Å²) in [6, 6.07) is 7.71. The molecule has 0 saturated heterocycles. The van der Waals surface area contributed by atoms with E-state index in [1.165, 1.54) is 9.80 Å². The molecule has 0 unspecified atom stereocenters. The van der Waals surface area contributed by atoms with Crippen LogP contribution in [0.3, 0.4) is 0 Å². The van der Waals surface area contributed by atoms with Crippen LogP contribution in [0.4, 0.5) is 20.1 Å². The molecule has 0 spiro atoms. The highest BCUT2D eigenvalue weighted by Crippen LogP contribution is 2.15. The molecule has 2 rings (SSSR count). The predicted octanol–water partition coefficient (Wildman–Crippen LogP) is 3.75. The first-order valence-electron chi connectivity index (χ1n) is 28.5. The molecule has 0 aliphatic rings. The third kappa shape index (κ3) is 36.9. The minimum absolute atomic E-state index is 0.0206. The minimum atomic E-state index is -1.05. The van der Waals surface area contributed by atoms with Crippen molar-refractivity contribution in [3.05, 3.63) is 65.5 Å². The van der Waals surface area contributed by atoms with Crippen LogP contribution in [0.5, 0.6) is 0 Å². The predicted molar refractivity (Wildman–Crippen MR) is 314 cm³/mol. The van der Waals surface area contributed by atoms with Gasteiger partial charge in [-0.2, -0.15) is 0 Å². The second kappa shape index (κ2) is 44.0. The molecule has 7 N–H and O–H groups in total. The van der Waals surface area contributed by atoms with E-state index in [9.17, 15) is 33.6 Å². The Hall–Kier alpha value is -6.52. The normalized spacial score (nSPS) is 12.0. The zero-order valence-corrected chi connectivity index (χ0v) is 50.7. The van der Waals surface area contributed by atoms with Gasteiger partial charge in [-0.05, 0) is 88.3 Å². The molecule has 1 aromatic carbocycles. The van der Waals surface area contributed by atoms with Gasteiger partial charge >= 0.3 is 18.2 Å². The molecular weight excluding hydrogens is 1090 g/mol. The van der Waals surface area contributed by atoms with Crippen molar-refractivity contribution in [1.29, 1.82) is 0 Å². The highest BCUT2D eigenvalue weighted by Gasteiger charge is 2.29. The average molecular weight is 1190 g/mol. The van der Waals surface area contributed by atoms with E-state index in [-0.39, 0.29) is 70.7 Å². The van der Waals surface area contributed by atoms with E-state index in [1.807, 2.05) is 19.1 Å². The lowest BCUT2D eigenvalue weighted by Gasteiger charge is -2.26. The number of aryl methyl sites for hydroxylation is 2. The van der Waals surface area contributed by atoms with Gasteiger partial charge in [0, 0.05) is 70.2 Å². The third-order valence-corrected chi connectivity index (χ3v) is 11.8. The molecule has 474 valence electrons. The standard InChI is InChI=1S/C58H95N9O17/c1-10-45-40-44(4)62-48(41-45)17-18-50(68)60-21-25-76-27-29-78-31-33-80-35-37-82-39-38-81-36-34-79-32-30-77-28-26-75-24-19-51(69)65-52(43(2)3)54(71)64-49(12-11-20-61-55(59)72)53(70)63-47-15-13-46(14-16-47)42-83-56(73)66(8)22-23-67(9)57(74)84-58(5,6)7/h10,13-16,40-41,43,49,52H,1,11-12,17-39,42H2,2-9H3,(H,60,68)(H,63,70)(H,64,71)(H,65,69)(H3,59,61,72)/t49-,52-/m0/s1. The van der Waals surface area contributed by atoms with Gasteiger partial charge < -0.3 is 89.5 Å². The number of aromatic nitrogens is 1. The zero-order chi connectivity index (χ0) is 62.0. The summed E-state index contributed by atoms with van der Waals surface area (Å²) in [4.78, 5) is 95.5. The zero-order valence-electron chi connectivity index (χ0n) is 50.7. The number of nitrogens with zero attached hydrogens (tertiary/aromatic N) is 3. The smallest absolute Gasteiger partial charge is 0.410 e. The highest BCUT2D eigenvalue weighted by molar-refractivity contribution is 5.98. The van der Waals surface area contributed by atoms with Gasteiger partial charge in [0.1, 0.15) is 24.3 Å². The van der Waals surface area contributed by atoms with E-state index < -0.39 is 53.6 Å². The largest absolute Gasteiger partial charge is 0.445 e. The number of hydrogen-bond acceptors (Lipinski definition) is 18. The van der Waals surface area contributed by atoms with Gasteiger partial charge in [-0.3, -0.25) is 24.2 Å². The van der Waals surface area contributed by atoms with Crippen LogP contribution in [-0.4, -0.2) is 220 Å². The van der Waals surface area contributed by atoms with Gasteiger partial charge in [0.25, 0.3) is 0 Å². The first-order valence-corrected chi connectivity index (χ1v) is 28.5. The van der Waals surface area contributed by atoms with Gasteiger partial charge in [-0.1, -0.05) is 38.6 Å². The van der Waals surface area contributed by atoms with Gasteiger partial charge in [0.05, 0.1) is 106 Å². The topological polar surface area (TPSA) is 317 Å². The number of urea groups is 1. The Kier molecular flexibility index (Phi) is 38.6. The van der Waals surface area contributed by atoms with E-state index in [4.69, 9.17) is 53.1 Å². The molecule has 0 radical (unpaired) electrons. The van der Waals surface area contributed by atoms with Gasteiger partial charge in [-0.15, -0.1) is 0 Å². The van der Waals surface area contributed by atoms with Crippen molar-refractivity contribution in [3.63, 3.8) is 0 Å².